The molecule has 1 saturated carbocycles. The molecule has 31 heavy (non-hydrogen) atoms. The summed E-state index contributed by atoms with van der Waals surface area (Å²) in [6, 6.07) is 16.0. The first-order valence-corrected chi connectivity index (χ1v) is 11.6. The number of hydrogen-bond acceptors (Lipinski definition) is 4. The van der Waals surface area contributed by atoms with E-state index in [1.807, 2.05) is 42.5 Å². The van der Waals surface area contributed by atoms with Crippen LogP contribution in [0.15, 0.2) is 64.8 Å². The van der Waals surface area contributed by atoms with Gasteiger partial charge in [0.2, 0.25) is 6.29 Å². The molecule has 5 nitrogen and oxygen atoms in total. The van der Waals surface area contributed by atoms with Crippen molar-refractivity contribution in [1.82, 2.24) is 5.32 Å². The molecule has 164 valence electrons. The van der Waals surface area contributed by atoms with E-state index in [2.05, 4.69) is 33.4 Å². The van der Waals surface area contributed by atoms with Gasteiger partial charge in [-0.3, -0.25) is 4.79 Å². The molecule has 2 atom stereocenters. The van der Waals surface area contributed by atoms with E-state index >= 15 is 0 Å². The SMILES string of the molecule is O=C(NC1CCCC1)C1=C[C@@H](c2ccc(Br)cc2)C[C@@H](OCc2ccc(CO)cc2)O1. The second-order valence-corrected chi connectivity index (χ2v) is 9.13. The minimum Gasteiger partial charge on any atom is -0.459 e. The number of hydrogen-bond donors (Lipinski definition) is 2. The van der Waals surface area contributed by atoms with Crippen molar-refractivity contribution < 1.29 is 19.4 Å². The first kappa shape index (κ1) is 22.1. The number of benzene rings is 2. The van der Waals surface area contributed by atoms with Gasteiger partial charge in [-0.25, -0.2) is 0 Å². The summed E-state index contributed by atoms with van der Waals surface area (Å²) >= 11 is 3.48. The van der Waals surface area contributed by atoms with Crippen molar-refractivity contribution >= 4 is 21.8 Å². The average Bonchev–Trinajstić information content (AvgIpc) is 3.31. The zero-order valence-electron chi connectivity index (χ0n) is 17.4. The number of nitrogens with one attached hydrogen (secondary N) is 1. The number of aliphatic hydroxyl groups is 1. The second kappa shape index (κ2) is 10.4. The molecule has 6 heteroatoms. The molecule has 4 rings (SSSR count). The second-order valence-electron chi connectivity index (χ2n) is 8.21. The molecule has 1 amide bonds. The fraction of sp³-hybridized carbons (Fsp3) is 0.400. The number of allylic oxidation sites excluding steroid dienone is 1. The van der Waals surface area contributed by atoms with Gasteiger partial charge in [0.25, 0.3) is 5.91 Å². The molecule has 0 aromatic heterocycles. The summed E-state index contributed by atoms with van der Waals surface area (Å²) in [5.41, 5.74) is 2.98. The van der Waals surface area contributed by atoms with Gasteiger partial charge >= 0.3 is 0 Å². The summed E-state index contributed by atoms with van der Waals surface area (Å²) in [4.78, 5) is 12.9. The Bertz CT molecular complexity index is 904. The van der Waals surface area contributed by atoms with Crippen LogP contribution >= 0.6 is 15.9 Å². The Morgan fingerprint density at radius 3 is 2.42 bits per heavy atom. The lowest BCUT2D eigenvalue weighted by Crippen LogP contribution is -2.37. The topological polar surface area (TPSA) is 67.8 Å². The minimum atomic E-state index is -0.513. The van der Waals surface area contributed by atoms with Crippen LogP contribution in [0.3, 0.4) is 0 Å². The Hall–Kier alpha value is -2.15. The Balaban J connectivity index is 1.47. The van der Waals surface area contributed by atoms with Crippen LogP contribution in [0.2, 0.25) is 0 Å². The number of carbonyl (C=O) groups excluding carboxylic acids is 1. The van der Waals surface area contributed by atoms with E-state index in [4.69, 9.17) is 9.47 Å². The highest BCUT2D eigenvalue weighted by Gasteiger charge is 2.30. The van der Waals surface area contributed by atoms with Crippen LogP contribution in [0.5, 0.6) is 0 Å². The number of halogens is 1. The third kappa shape index (κ3) is 5.97. The van der Waals surface area contributed by atoms with Crippen molar-refractivity contribution in [2.45, 2.75) is 63.6 Å². The van der Waals surface area contributed by atoms with Gasteiger partial charge in [-0.15, -0.1) is 0 Å². The molecule has 2 N–H and O–H groups in total. The number of ether oxygens (including phenoxy) is 2. The minimum absolute atomic E-state index is 0.0198. The molecule has 1 heterocycles. The monoisotopic (exact) mass is 485 g/mol. The average molecular weight is 486 g/mol. The predicted octanol–water partition coefficient (Wildman–Crippen LogP) is 4.93. The molecule has 1 aliphatic heterocycles. The van der Waals surface area contributed by atoms with Crippen molar-refractivity contribution in [3.63, 3.8) is 0 Å². The van der Waals surface area contributed by atoms with E-state index in [-0.39, 0.29) is 24.5 Å². The molecule has 0 spiro atoms. The molecule has 0 radical (unpaired) electrons. The Labute approximate surface area is 191 Å². The Morgan fingerprint density at radius 2 is 1.74 bits per heavy atom. The van der Waals surface area contributed by atoms with Crippen LogP contribution < -0.4 is 5.32 Å². The van der Waals surface area contributed by atoms with Crippen molar-refractivity contribution in [3.05, 3.63) is 81.5 Å². The quantitative estimate of drug-likeness (QED) is 0.583. The fourth-order valence-electron chi connectivity index (χ4n) is 4.12. The molecule has 2 aromatic rings. The van der Waals surface area contributed by atoms with Gasteiger partial charge < -0.3 is 19.9 Å². The molecular weight excluding hydrogens is 458 g/mol. The van der Waals surface area contributed by atoms with E-state index in [0.717, 1.165) is 46.8 Å². The third-order valence-electron chi connectivity index (χ3n) is 5.91. The van der Waals surface area contributed by atoms with Crippen molar-refractivity contribution in [2.75, 3.05) is 0 Å². The predicted molar refractivity (Wildman–Crippen MR) is 122 cm³/mol. The number of amides is 1. The normalized spacial score (nSPS) is 21.4. The van der Waals surface area contributed by atoms with Gasteiger partial charge in [0.05, 0.1) is 13.2 Å². The largest absolute Gasteiger partial charge is 0.459 e. The summed E-state index contributed by atoms with van der Waals surface area (Å²) in [7, 11) is 0. The molecule has 2 aliphatic rings. The smallest absolute Gasteiger partial charge is 0.286 e. The molecular formula is C25H28BrNO4. The lowest BCUT2D eigenvalue weighted by Gasteiger charge is -2.30. The van der Waals surface area contributed by atoms with Gasteiger partial charge in [0, 0.05) is 22.9 Å². The van der Waals surface area contributed by atoms with Crippen LogP contribution in [0.4, 0.5) is 0 Å². The van der Waals surface area contributed by atoms with E-state index in [1.54, 1.807) is 0 Å². The maximum absolute atomic E-state index is 12.9. The van der Waals surface area contributed by atoms with Gasteiger partial charge in [0.1, 0.15) is 0 Å². The van der Waals surface area contributed by atoms with Crippen molar-refractivity contribution in [3.8, 4) is 0 Å². The van der Waals surface area contributed by atoms with Gasteiger partial charge in [0.15, 0.2) is 5.76 Å². The summed E-state index contributed by atoms with van der Waals surface area (Å²) in [5.74, 6) is 0.217. The van der Waals surface area contributed by atoms with E-state index in [9.17, 15) is 9.90 Å². The summed E-state index contributed by atoms with van der Waals surface area (Å²) in [6.07, 6.45) is 6.42. The van der Waals surface area contributed by atoms with Crippen LogP contribution in [-0.2, 0) is 27.5 Å². The maximum atomic E-state index is 12.9. The van der Waals surface area contributed by atoms with Crippen molar-refractivity contribution in [2.24, 2.45) is 0 Å². The van der Waals surface area contributed by atoms with Gasteiger partial charge in [-0.1, -0.05) is 65.2 Å². The third-order valence-corrected chi connectivity index (χ3v) is 6.44. The van der Waals surface area contributed by atoms with Crippen molar-refractivity contribution in [1.29, 1.82) is 0 Å². The number of aliphatic hydroxyl groups excluding tert-OH is 1. The Morgan fingerprint density at radius 1 is 1.06 bits per heavy atom. The first-order chi connectivity index (χ1) is 15.1. The lowest BCUT2D eigenvalue weighted by atomic mass is 9.93. The molecule has 0 unspecified atom stereocenters. The molecule has 2 aromatic carbocycles. The number of rotatable bonds is 7. The maximum Gasteiger partial charge on any atom is 0.286 e. The van der Waals surface area contributed by atoms with Gasteiger partial charge in [-0.2, -0.15) is 0 Å². The highest BCUT2D eigenvalue weighted by Crippen LogP contribution is 2.33. The highest BCUT2D eigenvalue weighted by molar-refractivity contribution is 9.10. The zero-order valence-corrected chi connectivity index (χ0v) is 19.0. The summed E-state index contributed by atoms with van der Waals surface area (Å²) in [5, 5.41) is 12.3. The van der Waals surface area contributed by atoms with E-state index in [1.165, 1.54) is 0 Å². The molecule has 1 aliphatic carbocycles. The highest BCUT2D eigenvalue weighted by atomic mass is 79.9. The van der Waals surface area contributed by atoms with Crippen LogP contribution in [0, 0.1) is 0 Å². The van der Waals surface area contributed by atoms with Crippen LogP contribution in [0.25, 0.3) is 0 Å². The zero-order chi connectivity index (χ0) is 21.6. The first-order valence-electron chi connectivity index (χ1n) is 10.9. The summed E-state index contributed by atoms with van der Waals surface area (Å²) in [6.45, 7) is 0.396. The summed E-state index contributed by atoms with van der Waals surface area (Å²) < 4.78 is 13.1. The Kier molecular flexibility index (Phi) is 7.43. The van der Waals surface area contributed by atoms with Crippen LogP contribution in [0.1, 0.15) is 54.7 Å². The molecule has 0 bridgehead atoms. The lowest BCUT2D eigenvalue weighted by molar-refractivity contribution is -0.150. The van der Waals surface area contributed by atoms with Gasteiger partial charge in [-0.05, 0) is 47.7 Å². The van der Waals surface area contributed by atoms with E-state index in [0.29, 0.717) is 18.8 Å². The van der Waals surface area contributed by atoms with E-state index < -0.39 is 6.29 Å². The fourth-order valence-corrected chi connectivity index (χ4v) is 4.38. The molecule has 1 fully saturated rings. The number of carbonyl (C=O) groups is 1. The standard InChI is InChI=1S/C25H28BrNO4/c26-21-11-9-19(10-12-21)20-13-23(25(29)27-22-3-1-2-4-22)31-24(14-20)30-16-18-7-5-17(15-28)6-8-18/h5-13,20,22,24,28H,1-4,14-16H2,(H,27,29)/t20-,24+/m1/s1. The molecule has 0 saturated heterocycles. The van der Waals surface area contributed by atoms with Crippen LogP contribution in [-0.4, -0.2) is 23.3 Å².